The van der Waals surface area contributed by atoms with Gasteiger partial charge in [-0.05, 0) is 24.8 Å². The number of amides is 2. The molecule has 5 rings (SSSR count). The highest BCUT2D eigenvalue weighted by molar-refractivity contribution is 5.92. The van der Waals surface area contributed by atoms with Crippen LogP contribution in [0.15, 0.2) is 12.2 Å². The molecule has 3 aliphatic heterocycles. The first-order chi connectivity index (χ1) is 11.6. The molecule has 2 N–H and O–H groups in total. The van der Waals surface area contributed by atoms with E-state index >= 15 is 0 Å². The fourth-order valence-electron chi connectivity index (χ4n) is 4.81. The van der Waals surface area contributed by atoms with Gasteiger partial charge in [-0.3, -0.25) is 14.7 Å². The minimum absolute atomic E-state index is 0.00246. The van der Waals surface area contributed by atoms with Crippen LogP contribution in [-0.4, -0.2) is 52.2 Å². The standard InChI is InChI=1S/C17H20N4O3/c1-21-8-17-6-5-12(24-17)13(14(17)16(21)23)15(22)18-7-11-9-3-2-4-10(9)19-20-11/h5-6,12-14H,2-4,7-8H2,1H3,(H,18,22)(H,19,20)/t12-,13-,14+,17-/m0/s1. The predicted octanol–water partition coefficient (Wildman–Crippen LogP) is -0.0736. The Kier molecular flexibility index (Phi) is 2.78. The molecule has 2 fully saturated rings. The minimum atomic E-state index is -0.605. The number of ether oxygens (including phenoxy) is 1. The summed E-state index contributed by atoms with van der Waals surface area (Å²) in [5.74, 6) is -0.959. The SMILES string of the molecule is CN1C[C@]23C=C[C@H](O2)[C@H](C(=O)NCc2n[nH]c4c2CCC4)[C@@H]3C1=O. The lowest BCUT2D eigenvalue weighted by Crippen LogP contribution is -2.43. The summed E-state index contributed by atoms with van der Waals surface area (Å²) < 4.78 is 6.01. The molecule has 0 radical (unpaired) electrons. The molecule has 0 saturated carbocycles. The molecule has 1 aromatic rings. The van der Waals surface area contributed by atoms with Gasteiger partial charge in [0.05, 0.1) is 36.7 Å². The van der Waals surface area contributed by atoms with Gasteiger partial charge in [-0.2, -0.15) is 5.10 Å². The summed E-state index contributed by atoms with van der Waals surface area (Å²) in [7, 11) is 1.77. The van der Waals surface area contributed by atoms with Gasteiger partial charge in [0.2, 0.25) is 11.8 Å². The Morgan fingerprint density at radius 1 is 1.54 bits per heavy atom. The van der Waals surface area contributed by atoms with E-state index in [2.05, 4.69) is 15.5 Å². The summed E-state index contributed by atoms with van der Waals surface area (Å²) in [6.45, 7) is 0.932. The number of rotatable bonds is 3. The van der Waals surface area contributed by atoms with Crippen molar-refractivity contribution < 1.29 is 14.3 Å². The van der Waals surface area contributed by atoms with E-state index in [1.165, 1.54) is 11.3 Å². The number of likely N-dealkylation sites (tertiary alicyclic amines) is 1. The van der Waals surface area contributed by atoms with Crippen LogP contribution < -0.4 is 5.32 Å². The number of hydrogen-bond acceptors (Lipinski definition) is 4. The quantitative estimate of drug-likeness (QED) is 0.760. The Labute approximate surface area is 139 Å². The highest BCUT2D eigenvalue weighted by Gasteiger charge is 2.66. The average molecular weight is 328 g/mol. The first-order valence-electron chi connectivity index (χ1n) is 8.54. The van der Waals surface area contributed by atoms with E-state index in [-0.39, 0.29) is 17.9 Å². The van der Waals surface area contributed by atoms with Gasteiger partial charge in [0.25, 0.3) is 0 Å². The lowest BCUT2D eigenvalue weighted by atomic mass is 9.77. The third-order valence-electron chi connectivity index (χ3n) is 5.91. The monoisotopic (exact) mass is 328 g/mol. The van der Waals surface area contributed by atoms with Crippen LogP contribution in [0.3, 0.4) is 0 Å². The molecule has 4 heterocycles. The first kappa shape index (κ1) is 14.2. The maximum atomic E-state index is 12.8. The molecule has 0 unspecified atom stereocenters. The molecule has 1 aliphatic carbocycles. The topological polar surface area (TPSA) is 87.3 Å². The van der Waals surface area contributed by atoms with Gasteiger partial charge in [-0.15, -0.1) is 0 Å². The van der Waals surface area contributed by atoms with Crippen LogP contribution in [0.5, 0.6) is 0 Å². The zero-order chi connectivity index (χ0) is 16.5. The third-order valence-corrected chi connectivity index (χ3v) is 5.91. The van der Waals surface area contributed by atoms with E-state index in [9.17, 15) is 9.59 Å². The summed E-state index contributed by atoms with van der Waals surface area (Å²) >= 11 is 0. The minimum Gasteiger partial charge on any atom is -0.360 e. The van der Waals surface area contributed by atoms with Crippen molar-refractivity contribution in [2.75, 3.05) is 13.6 Å². The molecule has 24 heavy (non-hydrogen) atoms. The van der Waals surface area contributed by atoms with Crippen molar-refractivity contribution in [2.45, 2.75) is 37.5 Å². The number of hydrogen-bond donors (Lipinski definition) is 2. The molecule has 2 amide bonds. The Morgan fingerprint density at radius 2 is 2.42 bits per heavy atom. The molecular formula is C17H20N4O3. The lowest BCUT2D eigenvalue weighted by molar-refractivity contribution is -0.136. The number of aryl methyl sites for hydroxylation is 1. The maximum absolute atomic E-state index is 12.8. The number of nitrogens with zero attached hydrogens (tertiary/aromatic N) is 2. The number of fused-ring (bicyclic) bond motifs is 2. The Bertz CT molecular complexity index is 770. The molecule has 4 aliphatic rings. The lowest BCUT2D eigenvalue weighted by Gasteiger charge is -2.23. The largest absolute Gasteiger partial charge is 0.360 e. The number of carbonyl (C=O) groups excluding carboxylic acids is 2. The normalized spacial score (nSPS) is 35.6. The van der Waals surface area contributed by atoms with Crippen molar-refractivity contribution >= 4 is 11.8 Å². The van der Waals surface area contributed by atoms with Gasteiger partial charge in [-0.25, -0.2) is 0 Å². The van der Waals surface area contributed by atoms with Gasteiger partial charge in [0, 0.05) is 12.7 Å². The summed E-state index contributed by atoms with van der Waals surface area (Å²) in [5.41, 5.74) is 2.75. The molecular weight excluding hydrogens is 308 g/mol. The fourth-order valence-corrected chi connectivity index (χ4v) is 4.81. The van der Waals surface area contributed by atoms with E-state index in [4.69, 9.17) is 4.74 Å². The van der Waals surface area contributed by atoms with Gasteiger partial charge >= 0.3 is 0 Å². The van der Waals surface area contributed by atoms with E-state index in [1.54, 1.807) is 11.9 Å². The number of nitrogens with one attached hydrogen (secondary N) is 2. The molecule has 0 aromatic carbocycles. The predicted molar refractivity (Wildman–Crippen MR) is 83.8 cm³/mol. The molecule has 7 nitrogen and oxygen atoms in total. The summed E-state index contributed by atoms with van der Waals surface area (Å²) in [5, 5.41) is 10.4. The second kappa shape index (κ2) is 4.69. The maximum Gasteiger partial charge on any atom is 0.229 e. The zero-order valence-corrected chi connectivity index (χ0v) is 13.5. The van der Waals surface area contributed by atoms with Crippen molar-refractivity contribution in [3.05, 3.63) is 29.1 Å². The molecule has 1 aromatic heterocycles. The molecule has 4 atom stereocenters. The highest BCUT2D eigenvalue weighted by atomic mass is 16.5. The first-order valence-corrected chi connectivity index (χ1v) is 8.54. The van der Waals surface area contributed by atoms with Crippen molar-refractivity contribution in [3.8, 4) is 0 Å². The van der Waals surface area contributed by atoms with Gasteiger partial charge in [0.1, 0.15) is 5.60 Å². The number of carbonyl (C=O) groups is 2. The van der Waals surface area contributed by atoms with Crippen molar-refractivity contribution in [2.24, 2.45) is 11.8 Å². The van der Waals surface area contributed by atoms with Gasteiger partial charge < -0.3 is 15.0 Å². The summed E-state index contributed by atoms with van der Waals surface area (Å²) in [4.78, 5) is 26.9. The fraction of sp³-hybridized carbons (Fsp3) is 0.588. The number of H-pyrrole nitrogens is 1. The molecule has 126 valence electrons. The van der Waals surface area contributed by atoms with E-state index in [0.29, 0.717) is 13.1 Å². The van der Waals surface area contributed by atoms with Gasteiger partial charge in [-0.1, -0.05) is 12.2 Å². The van der Waals surface area contributed by atoms with Crippen LogP contribution >= 0.6 is 0 Å². The molecule has 2 saturated heterocycles. The summed E-state index contributed by atoms with van der Waals surface area (Å²) in [6, 6.07) is 0. The molecule has 7 heteroatoms. The van der Waals surface area contributed by atoms with Crippen molar-refractivity contribution in [1.29, 1.82) is 0 Å². The number of aromatic amines is 1. The molecule has 2 bridgehead atoms. The number of aromatic nitrogens is 2. The third kappa shape index (κ3) is 1.73. The van der Waals surface area contributed by atoms with E-state index in [0.717, 1.165) is 25.0 Å². The second-order valence-corrected chi connectivity index (χ2v) is 7.29. The van der Waals surface area contributed by atoms with Crippen LogP contribution in [0, 0.1) is 11.8 Å². The van der Waals surface area contributed by atoms with Crippen LogP contribution in [-0.2, 0) is 33.7 Å². The zero-order valence-electron chi connectivity index (χ0n) is 13.5. The summed E-state index contributed by atoms with van der Waals surface area (Å²) in [6.07, 6.45) is 6.79. The Morgan fingerprint density at radius 3 is 3.29 bits per heavy atom. The number of likely N-dealkylation sites (N-methyl/N-ethyl adjacent to an activating group) is 1. The Balaban J connectivity index is 1.34. The van der Waals surface area contributed by atoms with Crippen molar-refractivity contribution in [3.63, 3.8) is 0 Å². The smallest absolute Gasteiger partial charge is 0.229 e. The average Bonchev–Trinajstić information content (AvgIpc) is 3.31. The molecule has 1 spiro atoms. The van der Waals surface area contributed by atoms with Crippen molar-refractivity contribution in [1.82, 2.24) is 20.4 Å². The Hall–Kier alpha value is -2.15. The van der Waals surface area contributed by atoms with Crippen LogP contribution in [0.4, 0.5) is 0 Å². The van der Waals surface area contributed by atoms with Gasteiger partial charge in [0.15, 0.2) is 0 Å². The van der Waals surface area contributed by atoms with Crippen LogP contribution in [0.2, 0.25) is 0 Å². The van der Waals surface area contributed by atoms with E-state index < -0.39 is 17.4 Å². The highest BCUT2D eigenvalue weighted by Crippen LogP contribution is 2.51. The van der Waals surface area contributed by atoms with Crippen LogP contribution in [0.1, 0.15) is 23.4 Å². The van der Waals surface area contributed by atoms with Crippen LogP contribution in [0.25, 0.3) is 0 Å². The second-order valence-electron chi connectivity index (χ2n) is 7.29. The van der Waals surface area contributed by atoms with E-state index in [1.807, 2.05) is 12.2 Å².